The predicted molar refractivity (Wildman–Crippen MR) is 103 cm³/mol. The largest absolute Gasteiger partial charge is 0.493 e. The zero-order valence-electron chi connectivity index (χ0n) is 17.6. The van der Waals surface area contributed by atoms with E-state index >= 15 is 0 Å². The topological polar surface area (TPSA) is 110 Å². The minimum Gasteiger partial charge on any atom is -0.493 e. The number of Topliss-reactive ketones (excluding diaryl/α,β-unsaturated/α-hetero) is 1. The lowest BCUT2D eigenvalue weighted by Gasteiger charge is -2.17. The zero-order valence-corrected chi connectivity index (χ0v) is 17.6. The van der Waals surface area contributed by atoms with Crippen LogP contribution in [0.4, 0.5) is 0 Å². The standard InChI is InChI=1S/C20H29NO8/c1-6-9-26-11-14(3)29-20(24)13(2)10-16(23)18-19(28-12-27-15(4)22)17(25-5)7-8-21-18/h7-8,13-14H,6,9-12H2,1-5H3/t13-,14+/m1/s1. The van der Waals surface area contributed by atoms with Gasteiger partial charge < -0.3 is 23.7 Å². The number of nitrogens with zero attached hydrogens (tertiary/aromatic N) is 1. The molecule has 29 heavy (non-hydrogen) atoms. The Morgan fingerprint density at radius 3 is 2.55 bits per heavy atom. The van der Waals surface area contributed by atoms with Crippen LogP contribution in [0.25, 0.3) is 0 Å². The van der Waals surface area contributed by atoms with Gasteiger partial charge in [-0.1, -0.05) is 13.8 Å². The fourth-order valence-electron chi connectivity index (χ4n) is 2.30. The molecule has 9 nitrogen and oxygen atoms in total. The number of esters is 2. The van der Waals surface area contributed by atoms with Crippen molar-refractivity contribution in [2.24, 2.45) is 5.92 Å². The first kappa shape index (κ1) is 24.4. The van der Waals surface area contributed by atoms with Crippen LogP contribution in [-0.2, 0) is 23.8 Å². The highest BCUT2D eigenvalue weighted by Crippen LogP contribution is 2.31. The third-order valence-electron chi connectivity index (χ3n) is 3.73. The Kier molecular flexibility index (Phi) is 10.7. The van der Waals surface area contributed by atoms with Gasteiger partial charge in [0.1, 0.15) is 6.10 Å². The van der Waals surface area contributed by atoms with E-state index in [-0.39, 0.29) is 23.6 Å². The number of ketones is 1. The molecule has 0 saturated heterocycles. The van der Waals surface area contributed by atoms with Gasteiger partial charge in [0, 0.05) is 32.2 Å². The van der Waals surface area contributed by atoms with E-state index in [4.69, 9.17) is 23.7 Å². The van der Waals surface area contributed by atoms with Gasteiger partial charge in [-0.25, -0.2) is 4.98 Å². The maximum absolute atomic E-state index is 12.7. The van der Waals surface area contributed by atoms with Crippen LogP contribution < -0.4 is 9.47 Å². The van der Waals surface area contributed by atoms with Crippen molar-refractivity contribution in [1.82, 2.24) is 4.98 Å². The third kappa shape index (κ3) is 8.47. The van der Waals surface area contributed by atoms with Crippen molar-refractivity contribution >= 4 is 17.7 Å². The molecule has 0 fully saturated rings. The minimum atomic E-state index is -0.689. The third-order valence-corrected chi connectivity index (χ3v) is 3.73. The normalized spacial score (nSPS) is 12.6. The Labute approximate surface area is 170 Å². The molecule has 0 bridgehead atoms. The van der Waals surface area contributed by atoms with Gasteiger partial charge >= 0.3 is 11.9 Å². The van der Waals surface area contributed by atoms with Gasteiger partial charge in [0.05, 0.1) is 19.6 Å². The minimum absolute atomic E-state index is 0.0181. The first-order chi connectivity index (χ1) is 13.8. The van der Waals surface area contributed by atoms with Gasteiger partial charge in [-0.3, -0.25) is 14.4 Å². The van der Waals surface area contributed by atoms with Gasteiger partial charge in [0.15, 0.2) is 23.0 Å². The van der Waals surface area contributed by atoms with Crippen LogP contribution in [0.15, 0.2) is 12.3 Å². The molecule has 0 saturated carbocycles. The van der Waals surface area contributed by atoms with Crippen LogP contribution >= 0.6 is 0 Å². The highest BCUT2D eigenvalue weighted by Gasteiger charge is 2.25. The molecule has 0 aliphatic rings. The Hall–Kier alpha value is -2.68. The van der Waals surface area contributed by atoms with Gasteiger partial charge in [-0.05, 0) is 13.3 Å². The van der Waals surface area contributed by atoms with Gasteiger partial charge in [-0.15, -0.1) is 0 Å². The number of carbonyl (C=O) groups excluding carboxylic acids is 3. The molecule has 0 N–H and O–H groups in total. The first-order valence-electron chi connectivity index (χ1n) is 9.40. The highest BCUT2D eigenvalue weighted by molar-refractivity contribution is 5.99. The number of methoxy groups -OCH3 is 1. The van der Waals surface area contributed by atoms with E-state index in [2.05, 4.69) is 4.98 Å². The molecule has 0 unspecified atom stereocenters. The molecule has 2 atom stereocenters. The number of carbonyl (C=O) groups is 3. The summed E-state index contributed by atoms with van der Waals surface area (Å²) in [7, 11) is 1.41. The maximum atomic E-state index is 12.7. The Balaban J connectivity index is 2.76. The fourth-order valence-corrected chi connectivity index (χ4v) is 2.30. The Bertz CT molecular complexity index is 691. The van der Waals surface area contributed by atoms with Crippen LogP contribution in [0.1, 0.15) is 51.0 Å². The van der Waals surface area contributed by atoms with Gasteiger partial charge in [0.25, 0.3) is 0 Å². The molecule has 0 aromatic carbocycles. The quantitative estimate of drug-likeness (QED) is 0.209. The SMILES string of the molecule is CCCOC[C@H](C)OC(=O)[C@H](C)CC(=O)c1nccc(OC)c1OCOC(C)=O. The van der Waals surface area contributed by atoms with Crippen LogP contribution in [-0.4, -0.2) is 55.9 Å². The van der Waals surface area contributed by atoms with E-state index in [1.807, 2.05) is 6.92 Å². The van der Waals surface area contributed by atoms with Gasteiger partial charge in [-0.2, -0.15) is 0 Å². The second-order valence-electron chi connectivity index (χ2n) is 6.44. The summed E-state index contributed by atoms with van der Waals surface area (Å²) in [5.74, 6) is -1.85. The number of hydrogen-bond acceptors (Lipinski definition) is 9. The van der Waals surface area contributed by atoms with E-state index in [1.54, 1.807) is 13.8 Å². The average molecular weight is 411 g/mol. The van der Waals surface area contributed by atoms with E-state index < -0.39 is 36.5 Å². The molecule has 1 heterocycles. The van der Waals surface area contributed by atoms with Crippen molar-refractivity contribution < 1.29 is 38.1 Å². The monoisotopic (exact) mass is 411 g/mol. The van der Waals surface area contributed by atoms with Crippen LogP contribution in [0, 0.1) is 5.92 Å². The lowest BCUT2D eigenvalue weighted by atomic mass is 10.0. The molecule has 1 aromatic heterocycles. The van der Waals surface area contributed by atoms with Crippen LogP contribution in [0.2, 0.25) is 0 Å². The zero-order chi connectivity index (χ0) is 21.8. The van der Waals surface area contributed by atoms with E-state index in [9.17, 15) is 14.4 Å². The molecule has 0 aliphatic heterocycles. The van der Waals surface area contributed by atoms with E-state index in [0.717, 1.165) is 6.42 Å². The first-order valence-corrected chi connectivity index (χ1v) is 9.40. The van der Waals surface area contributed by atoms with Crippen molar-refractivity contribution in [2.75, 3.05) is 27.1 Å². The molecule has 0 amide bonds. The number of hydrogen-bond donors (Lipinski definition) is 0. The summed E-state index contributed by atoms with van der Waals surface area (Å²) in [6, 6.07) is 1.51. The number of aromatic nitrogens is 1. The maximum Gasteiger partial charge on any atom is 0.309 e. The second-order valence-corrected chi connectivity index (χ2v) is 6.44. The van der Waals surface area contributed by atoms with Crippen molar-refractivity contribution in [1.29, 1.82) is 0 Å². The molecular weight excluding hydrogens is 382 g/mol. The lowest BCUT2D eigenvalue weighted by molar-refractivity contribution is -0.155. The predicted octanol–water partition coefficient (Wildman–Crippen LogP) is 2.56. The van der Waals surface area contributed by atoms with Crippen molar-refractivity contribution in [3.8, 4) is 11.5 Å². The fraction of sp³-hybridized carbons (Fsp3) is 0.600. The average Bonchev–Trinajstić information content (AvgIpc) is 2.67. The number of pyridine rings is 1. The molecule has 1 aromatic rings. The molecule has 0 spiro atoms. The summed E-state index contributed by atoms with van der Waals surface area (Å²) in [6.45, 7) is 7.04. The van der Waals surface area contributed by atoms with Crippen molar-refractivity contribution in [3.63, 3.8) is 0 Å². The summed E-state index contributed by atoms with van der Waals surface area (Å²) in [4.78, 5) is 39.9. The van der Waals surface area contributed by atoms with Crippen molar-refractivity contribution in [3.05, 3.63) is 18.0 Å². The summed E-state index contributed by atoms with van der Waals surface area (Å²) in [5, 5.41) is 0. The van der Waals surface area contributed by atoms with E-state index in [1.165, 1.54) is 26.3 Å². The molecule has 162 valence electrons. The second kappa shape index (κ2) is 12.7. The Morgan fingerprint density at radius 1 is 1.21 bits per heavy atom. The Morgan fingerprint density at radius 2 is 1.93 bits per heavy atom. The smallest absolute Gasteiger partial charge is 0.309 e. The number of rotatable bonds is 13. The summed E-state index contributed by atoms with van der Waals surface area (Å²) in [5.41, 5.74) is -0.0181. The number of ether oxygens (including phenoxy) is 5. The molecule has 1 rings (SSSR count). The highest BCUT2D eigenvalue weighted by atomic mass is 16.7. The molecular formula is C20H29NO8. The lowest BCUT2D eigenvalue weighted by Crippen LogP contribution is -2.26. The molecule has 0 radical (unpaired) electrons. The van der Waals surface area contributed by atoms with Crippen LogP contribution in [0.5, 0.6) is 11.5 Å². The van der Waals surface area contributed by atoms with Gasteiger partial charge in [0.2, 0.25) is 6.79 Å². The molecule has 0 aliphatic carbocycles. The van der Waals surface area contributed by atoms with E-state index in [0.29, 0.717) is 13.2 Å². The van der Waals surface area contributed by atoms with Crippen LogP contribution in [0.3, 0.4) is 0 Å². The summed E-state index contributed by atoms with van der Waals surface area (Å²) in [6.07, 6.45) is 1.72. The summed E-state index contributed by atoms with van der Waals surface area (Å²) < 4.78 is 26.0. The molecule has 9 heteroatoms. The van der Waals surface area contributed by atoms with Crippen molar-refractivity contribution in [2.45, 2.75) is 46.6 Å². The summed E-state index contributed by atoms with van der Waals surface area (Å²) >= 11 is 0.